The molecule has 0 N–H and O–H groups in total. The van der Waals surface area contributed by atoms with Gasteiger partial charge in [-0.25, -0.2) is 0 Å². The van der Waals surface area contributed by atoms with E-state index in [0.717, 1.165) is 28.9 Å². The van der Waals surface area contributed by atoms with Gasteiger partial charge < -0.3 is 4.74 Å². The molecule has 0 heterocycles. The van der Waals surface area contributed by atoms with Crippen molar-refractivity contribution in [2.24, 2.45) is 0 Å². The molecule has 0 radical (unpaired) electrons. The van der Waals surface area contributed by atoms with Crippen LogP contribution < -0.4 is 4.74 Å². The van der Waals surface area contributed by atoms with Gasteiger partial charge in [-0.3, -0.25) is 4.79 Å². The van der Waals surface area contributed by atoms with E-state index >= 15 is 0 Å². The number of rotatable bonds is 3. The molecule has 2 rings (SSSR count). The van der Waals surface area contributed by atoms with E-state index in [2.05, 4.69) is 0 Å². The molecule has 0 saturated heterocycles. The van der Waals surface area contributed by atoms with Crippen LogP contribution in [-0.4, -0.2) is 6.29 Å². The third-order valence-corrected chi connectivity index (χ3v) is 2.93. The van der Waals surface area contributed by atoms with E-state index in [0.29, 0.717) is 10.6 Å². The van der Waals surface area contributed by atoms with Gasteiger partial charge in [0, 0.05) is 10.6 Å². The molecule has 2 aromatic carbocycles. The SMILES string of the molecule is Cc1cc(Cl)ccc1Oc1ccc(C=O)cc1C. The molecule has 3 heteroatoms. The Labute approximate surface area is 111 Å². The highest BCUT2D eigenvalue weighted by atomic mass is 35.5. The zero-order valence-corrected chi connectivity index (χ0v) is 11.0. The van der Waals surface area contributed by atoms with Crippen LogP contribution in [0.15, 0.2) is 36.4 Å². The van der Waals surface area contributed by atoms with Crippen LogP contribution >= 0.6 is 11.6 Å². The minimum Gasteiger partial charge on any atom is -0.457 e. The Morgan fingerprint density at radius 3 is 2.17 bits per heavy atom. The van der Waals surface area contributed by atoms with Crippen molar-refractivity contribution in [3.8, 4) is 11.5 Å². The summed E-state index contributed by atoms with van der Waals surface area (Å²) >= 11 is 5.90. The molecule has 0 atom stereocenters. The molecule has 0 aliphatic rings. The van der Waals surface area contributed by atoms with E-state index in [4.69, 9.17) is 16.3 Å². The van der Waals surface area contributed by atoms with Crippen LogP contribution in [0.3, 0.4) is 0 Å². The number of hydrogen-bond donors (Lipinski definition) is 0. The Kier molecular flexibility index (Phi) is 3.68. The van der Waals surface area contributed by atoms with Crippen LogP contribution in [0, 0.1) is 13.8 Å². The Morgan fingerprint density at radius 1 is 1.00 bits per heavy atom. The maximum Gasteiger partial charge on any atom is 0.150 e. The van der Waals surface area contributed by atoms with Gasteiger partial charge in [0.15, 0.2) is 0 Å². The lowest BCUT2D eigenvalue weighted by molar-refractivity contribution is 0.112. The zero-order valence-electron chi connectivity index (χ0n) is 10.2. The topological polar surface area (TPSA) is 26.3 Å². The second-order valence-corrected chi connectivity index (χ2v) is 4.59. The van der Waals surface area contributed by atoms with Crippen molar-refractivity contribution in [2.45, 2.75) is 13.8 Å². The number of benzene rings is 2. The van der Waals surface area contributed by atoms with Crippen molar-refractivity contribution in [2.75, 3.05) is 0 Å². The molecule has 2 nitrogen and oxygen atoms in total. The summed E-state index contributed by atoms with van der Waals surface area (Å²) in [5.41, 5.74) is 2.54. The molecule has 2 aromatic rings. The van der Waals surface area contributed by atoms with Crippen molar-refractivity contribution in [3.63, 3.8) is 0 Å². The predicted octanol–water partition coefficient (Wildman–Crippen LogP) is 4.56. The van der Waals surface area contributed by atoms with Crippen molar-refractivity contribution >= 4 is 17.9 Å². The van der Waals surface area contributed by atoms with Crippen molar-refractivity contribution in [1.29, 1.82) is 0 Å². The molecule has 18 heavy (non-hydrogen) atoms. The molecule has 92 valence electrons. The van der Waals surface area contributed by atoms with E-state index in [1.54, 1.807) is 24.3 Å². The normalized spacial score (nSPS) is 10.2. The van der Waals surface area contributed by atoms with Crippen LogP contribution in [0.25, 0.3) is 0 Å². The Morgan fingerprint density at radius 2 is 1.61 bits per heavy atom. The summed E-state index contributed by atoms with van der Waals surface area (Å²) in [4.78, 5) is 10.7. The number of carbonyl (C=O) groups excluding carboxylic acids is 1. The number of ether oxygens (including phenoxy) is 1. The van der Waals surface area contributed by atoms with Gasteiger partial charge in [-0.15, -0.1) is 0 Å². The highest BCUT2D eigenvalue weighted by molar-refractivity contribution is 6.30. The predicted molar refractivity (Wildman–Crippen MR) is 72.8 cm³/mol. The molecule has 0 amide bonds. The highest BCUT2D eigenvalue weighted by Gasteiger charge is 2.05. The first kappa shape index (κ1) is 12.7. The summed E-state index contributed by atoms with van der Waals surface area (Å²) in [5.74, 6) is 1.51. The summed E-state index contributed by atoms with van der Waals surface area (Å²) in [6, 6.07) is 10.8. The second-order valence-electron chi connectivity index (χ2n) is 4.15. The standard InChI is InChI=1S/C15H13ClO2/c1-10-7-12(9-17)3-5-14(10)18-15-6-4-13(16)8-11(15)2/h3-9H,1-2H3. The monoisotopic (exact) mass is 260 g/mol. The van der Waals surface area contributed by atoms with Crippen molar-refractivity contribution in [1.82, 2.24) is 0 Å². The average molecular weight is 261 g/mol. The molecule has 0 unspecified atom stereocenters. The van der Waals surface area contributed by atoms with Crippen LogP contribution in [0.4, 0.5) is 0 Å². The van der Waals surface area contributed by atoms with Gasteiger partial charge in [-0.1, -0.05) is 11.6 Å². The lowest BCUT2D eigenvalue weighted by atomic mass is 10.1. The molecular weight excluding hydrogens is 248 g/mol. The molecule has 0 bridgehead atoms. The molecular formula is C15H13ClO2. The summed E-state index contributed by atoms with van der Waals surface area (Å²) in [6.07, 6.45) is 0.824. The molecule has 0 saturated carbocycles. The van der Waals surface area contributed by atoms with Crippen LogP contribution in [0.5, 0.6) is 11.5 Å². The fourth-order valence-corrected chi connectivity index (χ4v) is 1.93. The number of aryl methyl sites for hydroxylation is 2. The van der Waals surface area contributed by atoms with E-state index in [-0.39, 0.29) is 0 Å². The first-order valence-electron chi connectivity index (χ1n) is 5.60. The van der Waals surface area contributed by atoms with E-state index in [1.807, 2.05) is 26.0 Å². The maximum absolute atomic E-state index is 10.7. The van der Waals surface area contributed by atoms with Gasteiger partial charge in [-0.05, 0) is 61.4 Å². The number of halogens is 1. The van der Waals surface area contributed by atoms with Crippen molar-refractivity contribution in [3.05, 3.63) is 58.1 Å². The van der Waals surface area contributed by atoms with E-state index in [1.165, 1.54) is 0 Å². The van der Waals surface area contributed by atoms with Gasteiger partial charge in [0.05, 0.1) is 0 Å². The third-order valence-electron chi connectivity index (χ3n) is 2.69. The van der Waals surface area contributed by atoms with Crippen molar-refractivity contribution < 1.29 is 9.53 Å². The Balaban J connectivity index is 2.31. The lowest BCUT2D eigenvalue weighted by Crippen LogP contribution is -1.91. The third kappa shape index (κ3) is 2.71. The molecule has 0 aliphatic heterocycles. The van der Waals surface area contributed by atoms with Gasteiger partial charge in [0.2, 0.25) is 0 Å². The quantitative estimate of drug-likeness (QED) is 0.756. The minimum absolute atomic E-state index is 0.646. The van der Waals surface area contributed by atoms with Crippen LogP contribution in [0.2, 0.25) is 5.02 Å². The minimum atomic E-state index is 0.646. The maximum atomic E-state index is 10.7. The molecule has 0 aliphatic carbocycles. The first-order valence-corrected chi connectivity index (χ1v) is 5.98. The van der Waals surface area contributed by atoms with E-state index < -0.39 is 0 Å². The van der Waals surface area contributed by atoms with E-state index in [9.17, 15) is 4.79 Å². The van der Waals surface area contributed by atoms with Crippen LogP contribution in [0.1, 0.15) is 21.5 Å². The molecule has 0 fully saturated rings. The number of hydrogen-bond acceptors (Lipinski definition) is 2. The highest BCUT2D eigenvalue weighted by Crippen LogP contribution is 2.29. The smallest absolute Gasteiger partial charge is 0.150 e. The Hall–Kier alpha value is -1.80. The van der Waals surface area contributed by atoms with Gasteiger partial charge in [0.25, 0.3) is 0 Å². The summed E-state index contributed by atoms with van der Waals surface area (Å²) in [6.45, 7) is 3.85. The fourth-order valence-electron chi connectivity index (χ4n) is 1.71. The molecule has 0 spiro atoms. The van der Waals surface area contributed by atoms with Gasteiger partial charge >= 0.3 is 0 Å². The van der Waals surface area contributed by atoms with Crippen LogP contribution in [-0.2, 0) is 0 Å². The largest absolute Gasteiger partial charge is 0.457 e. The first-order chi connectivity index (χ1) is 8.60. The van der Waals surface area contributed by atoms with Gasteiger partial charge in [-0.2, -0.15) is 0 Å². The zero-order chi connectivity index (χ0) is 13.1. The average Bonchev–Trinajstić information content (AvgIpc) is 2.34. The summed E-state index contributed by atoms with van der Waals surface area (Å²) in [7, 11) is 0. The van der Waals surface area contributed by atoms with Gasteiger partial charge in [0.1, 0.15) is 17.8 Å². The summed E-state index contributed by atoms with van der Waals surface area (Å²) in [5, 5.41) is 0.688. The molecule has 0 aromatic heterocycles. The fraction of sp³-hybridized carbons (Fsp3) is 0.133. The number of carbonyl (C=O) groups is 1. The Bertz CT molecular complexity index is 591. The lowest BCUT2D eigenvalue weighted by Gasteiger charge is -2.11. The summed E-state index contributed by atoms with van der Waals surface area (Å²) < 4.78 is 5.82. The number of aldehydes is 1. The second kappa shape index (κ2) is 5.23.